The van der Waals surface area contributed by atoms with Crippen LogP contribution in [0, 0.1) is 6.92 Å². The minimum atomic E-state index is 0.509. The summed E-state index contributed by atoms with van der Waals surface area (Å²) in [6.07, 6.45) is 0.760. The Bertz CT molecular complexity index is 482. The van der Waals surface area contributed by atoms with E-state index in [9.17, 15) is 4.79 Å². The van der Waals surface area contributed by atoms with Crippen LogP contribution in [-0.4, -0.2) is 13.4 Å². The van der Waals surface area contributed by atoms with Crippen molar-refractivity contribution in [3.8, 4) is 5.75 Å². The lowest BCUT2D eigenvalue weighted by atomic mass is 10.1. The highest BCUT2D eigenvalue weighted by atomic mass is 16.5. The smallest absolute Gasteiger partial charge is 0.153 e. The van der Waals surface area contributed by atoms with Crippen LogP contribution >= 0.6 is 0 Å². The summed E-state index contributed by atoms with van der Waals surface area (Å²) in [7, 11) is 1.54. The van der Waals surface area contributed by atoms with E-state index in [1.165, 1.54) is 0 Å². The van der Waals surface area contributed by atoms with E-state index < -0.39 is 0 Å². The van der Waals surface area contributed by atoms with Gasteiger partial charge in [-0.3, -0.25) is 4.79 Å². The number of fused-ring (bicyclic) bond motifs is 1. The molecule has 0 spiro atoms. The number of aldehydes is 1. The third kappa shape index (κ3) is 1.27. The molecule has 0 radical (unpaired) electrons. The van der Waals surface area contributed by atoms with Crippen molar-refractivity contribution < 1.29 is 13.9 Å². The van der Waals surface area contributed by atoms with Crippen LogP contribution in [0.2, 0.25) is 0 Å². The molecule has 0 aliphatic rings. The lowest BCUT2D eigenvalue weighted by molar-refractivity contribution is 0.112. The van der Waals surface area contributed by atoms with Gasteiger partial charge >= 0.3 is 0 Å². The van der Waals surface area contributed by atoms with E-state index in [0.717, 1.165) is 17.4 Å². The van der Waals surface area contributed by atoms with Crippen LogP contribution < -0.4 is 4.74 Å². The van der Waals surface area contributed by atoms with Crippen molar-refractivity contribution in [1.29, 1.82) is 0 Å². The SMILES string of the molecule is COc1cc2cc(C)oc2cc1C=O. The van der Waals surface area contributed by atoms with Gasteiger partial charge in [-0.05, 0) is 25.1 Å². The minimum absolute atomic E-state index is 0.509. The highest BCUT2D eigenvalue weighted by Gasteiger charge is 2.07. The maximum absolute atomic E-state index is 10.7. The Morgan fingerprint density at radius 3 is 2.79 bits per heavy atom. The predicted molar refractivity (Wildman–Crippen MR) is 52.9 cm³/mol. The van der Waals surface area contributed by atoms with Crippen LogP contribution in [0.1, 0.15) is 16.1 Å². The van der Waals surface area contributed by atoms with Crippen molar-refractivity contribution in [1.82, 2.24) is 0 Å². The number of hydrogen-bond acceptors (Lipinski definition) is 3. The molecule has 2 rings (SSSR count). The zero-order chi connectivity index (χ0) is 10.1. The van der Waals surface area contributed by atoms with E-state index in [-0.39, 0.29) is 0 Å². The number of carbonyl (C=O) groups excluding carboxylic acids is 1. The summed E-state index contributed by atoms with van der Waals surface area (Å²) in [4.78, 5) is 10.7. The Morgan fingerprint density at radius 2 is 2.14 bits per heavy atom. The van der Waals surface area contributed by atoms with Crippen molar-refractivity contribution in [3.05, 3.63) is 29.5 Å². The van der Waals surface area contributed by atoms with Gasteiger partial charge in [-0.1, -0.05) is 0 Å². The summed E-state index contributed by atoms with van der Waals surface area (Å²) in [5.74, 6) is 1.40. The lowest BCUT2D eigenvalue weighted by Crippen LogP contribution is -1.89. The summed E-state index contributed by atoms with van der Waals surface area (Å²) in [6.45, 7) is 1.87. The molecule has 0 saturated carbocycles. The quantitative estimate of drug-likeness (QED) is 0.683. The van der Waals surface area contributed by atoms with Crippen LogP contribution in [0.3, 0.4) is 0 Å². The van der Waals surface area contributed by atoms with Gasteiger partial charge in [0.15, 0.2) is 6.29 Å². The summed E-state index contributed by atoms with van der Waals surface area (Å²) in [5, 5.41) is 0.949. The maximum atomic E-state index is 10.7. The number of rotatable bonds is 2. The molecule has 0 saturated heterocycles. The molecule has 0 aliphatic heterocycles. The molecule has 0 amide bonds. The third-order valence-corrected chi connectivity index (χ3v) is 2.12. The van der Waals surface area contributed by atoms with Gasteiger partial charge in [0, 0.05) is 5.39 Å². The fraction of sp³-hybridized carbons (Fsp3) is 0.182. The molecule has 1 aromatic heterocycles. The van der Waals surface area contributed by atoms with Crippen LogP contribution in [0.25, 0.3) is 11.0 Å². The maximum Gasteiger partial charge on any atom is 0.153 e. The summed E-state index contributed by atoms with van der Waals surface area (Å²) in [6, 6.07) is 5.40. The highest BCUT2D eigenvalue weighted by Crippen LogP contribution is 2.26. The molecule has 0 N–H and O–H groups in total. The number of benzene rings is 1. The molecule has 0 bridgehead atoms. The second-order valence-corrected chi connectivity index (χ2v) is 3.11. The van der Waals surface area contributed by atoms with Crippen LogP contribution in [-0.2, 0) is 0 Å². The first-order valence-electron chi connectivity index (χ1n) is 4.28. The third-order valence-electron chi connectivity index (χ3n) is 2.12. The normalized spacial score (nSPS) is 10.4. The van der Waals surface area contributed by atoms with E-state index in [0.29, 0.717) is 16.9 Å². The standard InChI is InChI=1S/C11H10O3/c1-7-3-8-4-10(13-2)9(6-12)5-11(8)14-7/h3-6H,1-2H3. The lowest BCUT2D eigenvalue weighted by Gasteiger charge is -2.01. The Labute approximate surface area is 81.3 Å². The Morgan fingerprint density at radius 1 is 1.36 bits per heavy atom. The molecule has 3 heteroatoms. The molecule has 0 fully saturated rings. The Hall–Kier alpha value is -1.77. The molecule has 3 nitrogen and oxygen atoms in total. The van der Waals surface area contributed by atoms with E-state index in [4.69, 9.17) is 9.15 Å². The molecular formula is C11H10O3. The van der Waals surface area contributed by atoms with Gasteiger partial charge in [-0.25, -0.2) is 0 Å². The summed E-state index contributed by atoms with van der Waals surface area (Å²) in [5.41, 5.74) is 1.22. The zero-order valence-corrected chi connectivity index (χ0v) is 8.03. The number of furan rings is 1. The number of ether oxygens (including phenoxy) is 1. The molecule has 14 heavy (non-hydrogen) atoms. The molecule has 1 heterocycles. The molecule has 0 unspecified atom stereocenters. The average Bonchev–Trinajstić information content (AvgIpc) is 2.54. The predicted octanol–water partition coefficient (Wildman–Crippen LogP) is 2.56. The summed E-state index contributed by atoms with van der Waals surface area (Å²) < 4.78 is 10.5. The van der Waals surface area contributed by atoms with E-state index in [1.54, 1.807) is 19.2 Å². The molecular weight excluding hydrogens is 180 g/mol. The number of aryl methyl sites for hydroxylation is 1. The molecule has 0 atom stereocenters. The Balaban J connectivity index is 2.74. The van der Waals surface area contributed by atoms with Gasteiger partial charge < -0.3 is 9.15 Å². The summed E-state index contributed by atoms with van der Waals surface area (Å²) >= 11 is 0. The van der Waals surface area contributed by atoms with Gasteiger partial charge in [0.2, 0.25) is 0 Å². The van der Waals surface area contributed by atoms with Crippen molar-refractivity contribution in [2.75, 3.05) is 7.11 Å². The molecule has 2 aromatic rings. The minimum Gasteiger partial charge on any atom is -0.496 e. The van der Waals surface area contributed by atoms with Crippen LogP contribution in [0.4, 0.5) is 0 Å². The molecule has 72 valence electrons. The monoisotopic (exact) mass is 190 g/mol. The van der Waals surface area contributed by atoms with E-state index in [2.05, 4.69) is 0 Å². The zero-order valence-electron chi connectivity index (χ0n) is 8.03. The van der Waals surface area contributed by atoms with Gasteiger partial charge in [-0.15, -0.1) is 0 Å². The van der Waals surface area contributed by atoms with Crippen molar-refractivity contribution >= 4 is 17.3 Å². The van der Waals surface area contributed by atoms with Gasteiger partial charge in [0.25, 0.3) is 0 Å². The van der Waals surface area contributed by atoms with Gasteiger partial charge in [0.05, 0.1) is 12.7 Å². The number of hydrogen-bond donors (Lipinski definition) is 0. The first kappa shape index (κ1) is 8.81. The van der Waals surface area contributed by atoms with Crippen molar-refractivity contribution in [2.45, 2.75) is 6.92 Å². The number of carbonyl (C=O) groups is 1. The second-order valence-electron chi connectivity index (χ2n) is 3.11. The van der Waals surface area contributed by atoms with Crippen LogP contribution in [0.5, 0.6) is 5.75 Å². The second kappa shape index (κ2) is 3.18. The first-order valence-corrected chi connectivity index (χ1v) is 4.28. The van der Waals surface area contributed by atoms with Gasteiger partial charge in [-0.2, -0.15) is 0 Å². The van der Waals surface area contributed by atoms with Crippen molar-refractivity contribution in [2.24, 2.45) is 0 Å². The number of methoxy groups -OCH3 is 1. The largest absolute Gasteiger partial charge is 0.496 e. The van der Waals surface area contributed by atoms with Crippen LogP contribution in [0.15, 0.2) is 22.6 Å². The topological polar surface area (TPSA) is 39.4 Å². The van der Waals surface area contributed by atoms with Gasteiger partial charge in [0.1, 0.15) is 17.1 Å². The fourth-order valence-electron chi connectivity index (χ4n) is 1.48. The van der Waals surface area contributed by atoms with Crippen molar-refractivity contribution in [3.63, 3.8) is 0 Å². The fourth-order valence-corrected chi connectivity index (χ4v) is 1.48. The average molecular weight is 190 g/mol. The molecule has 0 aliphatic carbocycles. The van der Waals surface area contributed by atoms with E-state index in [1.807, 2.05) is 13.0 Å². The van der Waals surface area contributed by atoms with E-state index >= 15 is 0 Å². The Kier molecular flexibility index (Phi) is 2.00. The molecule has 1 aromatic carbocycles. The highest BCUT2D eigenvalue weighted by molar-refractivity contribution is 5.89. The first-order chi connectivity index (χ1) is 6.74.